The molecule has 0 radical (unpaired) electrons. The van der Waals surface area contributed by atoms with Gasteiger partial charge in [0.15, 0.2) is 0 Å². The molecule has 2 aromatic rings. The minimum Gasteiger partial charge on any atom is -0.473 e. The molecular formula is C22H28N2O7S. The number of thiophene rings is 1. The summed E-state index contributed by atoms with van der Waals surface area (Å²) in [6.07, 6.45) is 0. The summed E-state index contributed by atoms with van der Waals surface area (Å²) in [5.41, 5.74) is 3.26. The fourth-order valence-corrected chi connectivity index (χ4v) is 3.42. The summed E-state index contributed by atoms with van der Waals surface area (Å²) in [4.78, 5) is 42.9. The van der Waals surface area contributed by atoms with E-state index in [9.17, 15) is 9.59 Å². The first-order valence-corrected chi connectivity index (χ1v) is 10.8. The zero-order valence-corrected chi connectivity index (χ0v) is 19.2. The summed E-state index contributed by atoms with van der Waals surface area (Å²) >= 11 is 1.34. The number of ether oxygens (including phenoxy) is 1. The summed E-state index contributed by atoms with van der Waals surface area (Å²) in [5.74, 6) is -3.78. The Hall–Kier alpha value is -3.24. The van der Waals surface area contributed by atoms with E-state index in [1.165, 1.54) is 11.3 Å². The molecule has 0 aliphatic carbocycles. The van der Waals surface area contributed by atoms with Crippen LogP contribution >= 0.6 is 11.3 Å². The second-order valence-corrected chi connectivity index (χ2v) is 8.00. The average Bonchev–Trinajstić information content (AvgIpc) is 3.12. The molecule has 32 heavy (non-hydrogen) atoms. The number of carbonyl (C=O) groups excluding carboxylic acids is 2. The number of amides is 1. The highest BCUT2D eigenvalue weighted by Crippen LogP contribution is 2.36. The van der Waals surface area contributed by atoms with Crippen LogP contribution in [0.4, 0.5) is 5.00 Å². The maximum Gasteiger partial charge on any atom is 0.414 e. The molecule has 0 unspecified atom stereocenters. The number of rotatable bonds is 8. The van der Waals surface area contributed by atoms with Gasteiger partial charge in [-0.1, -0.05) is 43.7 Å². The van der Waals surface area contributed by atoms with Crippen molar-refractivity contribution in [3.8, 4) is 11.1 Å². The Morgan fingerprint density at radius 3 is 2.16 bits per heavy atom. The van der Waals surface area contributed by atoms with Crippen molar-refractivity contribution in [1.29, 1.82) is 0 Å². The van der Waals surface area contributed by atoms with Gasteiger partial charge in [-0.15, -0.1) is 11.3 Å². The maximum atomic E-state index is 12.5. The van der Waals surface area contributed by atoms with Crippen molar-refractivity contribution < 1.29 is 34.1 Å². The van der Waals surface area contributed by atoms with Crippen molar-refractivity contribution in [3.63, 3.8) is 0 Å². The Balaban J connectivity index is 0.000000751. The molecule has 1 aromatic heterocycles. The number of nitrogens with one attached hydrogen (secondary N) is 2. The molecule has 0 atom stereocenters. The lowest BCUT2D eigenvalue weighted by molar-refractivity contribution is -0.159. The van der Waals surface area contributed by atoms with Gasteiger partial charge in [-0.25, -0.2) is 14.4 Å². The number of esters is 1. The molecule has 0 bridgehead atoms. The maximum absolute atomic E-state index is 12.5. The predicted octanol–water partition coefficient (Wildman–Crippen LogP) is 3.24. The highest BCUT2D eigenvalue weighted by atomic mass is 32.1. The molecule has 0 fully saturated rings. The number of hydrogen-bond acceptors (Lipinski definition) is 7. The van der Waals surface area contributed by atoms with Crippen LogP contribution in [0.15, 0.2) is 29.6 Å². The van der Waals surface area contributed by atoms with E-state index in [1.807, 2.05) is 36.6 Å². The van der Waals surface area contributed by atoms with Crippen molar-refractivity contribution in [2.24, 2.45) is 5.92 Å². The monoisotopic (exact) mass is 464 g/mol. The number of carbonyl (C=O) groups is 4. The van der Waals surface area contributed by atoms with Gasteiger partial charge in [0.2, 0.25) is 5.91 Å². The van der Waals surface area contributed by atoms with E-state index in [4.69, 9.17) is 24.5 Å². The molecule has 1 heterocycles. The Morgan fingerprint density at radius 1 is 1.06 bits per heavy atom. The van der Waals surface area contributed by atoms with Crippen LogP contribution in [0.2, 0.25) is 0 Å². The molecule has 0 saturated heterocycles. The van der Waals surface area contributed by atoms with Gasteiger partial charge in [0.25, 0.3) is 0 Å². The largest absolute Gasteiger partial charge is 0.473 e. The third kappa shape index (κ3) is 8.86. The van der Waals surface area contributed by atoms with E-state index >= 15 is 0 Å². The van der Waals surface area contributed by atoms with Gasteiger partial charge in [-0.05, 0) is 31.9 Å². The third-order valence-corrected chi connectivity index (χ3v) is 4.80. The summed E-state index contributed by atoms with van der Waals surface area (Å²) in [7, 11) is 0. The van der Waals surface area contributed by atoms with Crippen molar-refractivity contribution >= 4 is 40.2 Å². The summed E-state index contributed by atoms with van der Waals surface area (Å²) in [6, 6.07) is 7.93. The minimum atomic E-state index is -1.82. The second kappa shape index (κ2) is 13.2. The van der Waals surface area contributed by atoms with Gasteiger partial charge in [0, 0.05) is 10.9 Å². The molecule has 2 rings (SSSR count). The molecule has 174 valence electrons. The zero-order chi connectivity index (χ0) is 24.3. The van der Waals surface area contributed by atoms with Gasteiger partial charge in [0.1, 0.15) is 10.6 Å². The van der Waals surface area contributed by atoms with Crippen LogP contribution in [0.1, 0.15) is 36.7 Å². The van der Waals surface area contributed by atoms with E-state index in [2.05, 4.69) is 24.5 Å². The smallest absolute Gasteiger partial charge is 0.414 e. The Kier molecular flexibility index (Phi) is 11.1. The number of hydrogen-bond donors (Lipinski definition) is 4. The van der Waals surface area contributed by atoms with Gasteiger partial charge in [0.05, 0.1) is 13.2 Å². The summed E-state index contributed by atoms with van der Waals surface area (Å²) in [6.45, 7) is 9.19. The lowest BCUT2D eigenvalue weighted by atomic mass is 10.0. The van der Waals surface area contributed by atoms with E-state index < -0.39 is 17.9 Å². The van der Waals surface area contributed by atoms with Crippen molar-refractivity contribution in [2.75, 3.05) is 25.0 Å². The Morgan fingerprint density at radius 2 is 1.66 bits per heavy atom. The highest BCUT2D eigenvalue weighted by molar-refractivity contribution is 7.15. The molecule has 9 nitrogen and oxygen atoms in total. The molecule has 4 N–H and O–H groups in total. The van der Waals surface area contributed by atoms with Crippen LogP contribution in [0, 0.1) is 12.8 Å². The molecule has 1 aromatic carbocycles. The van der Waals surface area contributed by atoms with Gasteiger partial charge in [-0.2, -0.15) is 0 Å². The Bertz CT molecular complexity index is 924. The molecule has 0 aliphatic rings. The van der Waals surface area contributed by atoms with E-state index in [0.29, 0.717) is 16.5 Å². The quantitative estimate of drug-likeness (QED) is 0.344. The first-order chi connectivity index (χ1) is 15.1. The number of aliphatic carboxylic acids is 2. The topological polar surface area (TPSA) is 142 Å². The van der Waals surface area contributed by atoms with Crippen molar-refractivity contribution in [1.82, 2.24) is 5.32 Å². The van der Waals surface area contributed by atoms with Gasteiger partial charge < -0.3 is 25.6 Å². The number of carboxylic acid groups (broad SMARTS) is 2. The van der Waals surface area contributed by atoms with Crippen molar-refractivity contribution in [3.05, 3.63) is 40.8 Å². The summed E-state index contributed by atoms with van der Waals surface area (Å²) in [5, 5.41) is 23.1. The van der Waals surface area contributed by atoms with E-state index in [1.54, 1.807) is 6.92 Å². The molecular weight excluding hydrogens is 436 g/mol. The molecule has 0 aliphatic heterocycles. The Labute approximate surface area is 190 Å². The lowest BCUT2D eigenvalue weighted by Crippen LogP contribution is -2.30. The van der Waals surface area contributed by atoms with Gasteiger partial charge >= 0.3 is 17.9 Å². The number of benzene rings is 1. The van der Waals surface area contributed by atoms with Crippen LogP contribution in [-0.2, 0) is 19.1 Å². The predicted molar refractivity (Wildman–Crippen MR) is 122 cm³/mol. The van der Waals surface area contributed by atoms with Gasteiger partial charge in [-0.3, -0.25) is 4.79 Å². The minimum absolute atomic E-state index is 0.173. The number of aryl methyl sites for hydroxylation is 1. The lowest BCUT2D eigenvalue weighted by Gasteiger charge is -2.10. The van der Waals surface area contributed by atoms with Crippen molar-refractivity contribution in [2.45, 2.75) is 27.7 Å². The van der Waals surface area contributed by atoms with Crippen LogP contribution in [0.5, 0.6) is 0 Å². The number of anilines is 1. The zero-order valence-electron chi connectivity index (χ0n) is 18.4. The molecule has 0 saturated carbocycles. The standard InChI is InChI=1S/C20H26N2O3S.C2H2O4/c1-5-25-20(24)18-16(15-8-6-14(4)7-9-15)12-26-19(18)22-17(23)11-21-10-13(2)3;3-1(4)2(5)6/h6-9,12-13,21H,5,10-11H2,1-4H3,(H,22,23);(H,3,4)(H,5,6). The van der Waals surface area contributed by atoms with E-state index in [0.717, 1.165) is 23.2 Å². The van der Waals surface area contributed by atoms with Crippen LogP contribution in [0.25, 0.3) is 11.1 Å². The van der Waals surface area contributed by atoms with Crippen LogP contribution in [0.3, 0.4) is 0 Å². The highest BCUT2D eigenvalue weighted by Gasteiger charge is 2.22. The second-order valence-electron chi connectivity index (χ2n) is 7.12. The first kappa shape index (κ1) is 26.8. The fourth-order valence-electron chi connectivity index (χ4n) is 2.45. The SMILES string of the molecule is CCOC(=O)c1c(-c2ccc(C)cc2)csc1NC(=O)CNCC(C)C.O=C(O)C(=O)O. The molecule has 10 heteroatoms. The average molecular weight is 465 g/mol. The first-order valence-electron chi connectivity index (χ1n) is 9.89. The molecule has 0 spiro atoms. The molecule has 1 amide bonds. The van der Waals surface area contributed by atoms with Crippen LogP contribution in [-0.4, -0.2) is 53.7 Å². The van der Waals surface area contributed by atoms with E-state index in [-0.39, 0.29) is 19.1 Å². The summed E-state index contributed by atoms with van der Waals surface area (Å²) < 4.78 is 5.21. The van der Waals surface area contributed by atoms with Crippen LogP contribution < -0.4 is 10.6 Å². The normalized spacial score (nSPS) is 10.2. The third-order valence-electron chi connectivity index (χ3n) is 3.91. The fraction of sp³-hybridized carbons (Fsp3) is 0.364. The number of carboxylic acids is 2.